The van der Waals surface area contributed by atoms with Crippen molar-refractivity contribution in [2.75, 3.05) is 24.3 Å². The van der Waals surface area contributed by atoms with E-state index in [1.807, 2.05) is 31.1 Å². The van der Waals surface area contributed by atoms with E-state index in [-0.39, 0.29) is 17.3 Å². The number of benzene rings is 2. The van der Waals surface area contributed by atoms with Crippen LogP contribution < -0.4 is 10.2 Å². The fourth-order valence-corrected chi connectivity index (χ4v) is 1.98. The first-order chi connectivity index (χ1) is 10.0. The molecule has 0 aliphatic rings. The molecule has 0 fully saturated rings. The number of hydrogen-bond acceptors (Lipinski definition) is 4. The fourth-order valence-electron chi connectivity index (χ4n) is 1.98. The van der Waals surface area contributed by atoms with Crippen molar-refractivity contribution in [3.63, 3.8) is 0 Å². The highest BCUT2D eigenvalue weighted by Gasteiger charge is 2.17. The van der Waals surface area contributed by atoms with Crippen LogP contribution in [0.5, 0.6) is 0 Å². The lowest BCUT2D eigenvalue weighted by Crippen LogP contribution is -2.18. The Labute approximate surface area is 122 Å². The summed E-state index contributed by atoms with van der Waals surface area (Å²) in [5, 5.41) is 13.6. The molecule has 0 aromatic heterocycles. The van der Waals surface area contributed by atoms with Crippen molar-refractivity contribution >= 4 is 23.0 Å². The van der Waals surface area contributed by atoms with Crippen LogP contribution >= 0.6 is 0 Å². The van der Waals surface area contributed by atoms with Crippen LogP contribution in [0.25, 0.3) is 0 Å². The third-order valence-electron chi connectivity index (χ3n) is 2.98. The SMILES string of the molecule is CN(C)c1ccccc1C(=O)Nc1ccccc1[N+](=O)[O-]. The molecule has 0 heterocycles. The van der Waals surface area contributed by atoms with Gasteiger partial charge >= 0.3 is 0 Å². The van der Waals surface area contributed by atoms with E-state index in [4.69, 9.17) is 0 Å². The number of carbonyl (C=O) groups is 1. The highest BCUT2D eigenvalue weighted by Crippen LogP contribution is 2.25. The van der Waals surface area contributed by atoms with Gasteiger partial charge in [-0.1, -0.05) is 24.3 Å². The summed E-state index contributed by atoms with van der Waals surface area (Å²) in [7, 11) is 3.66. The number of carbonyl (C=O) groups excluding carboxylic acids is 1. The Morgan fingerprint density at radius 1 is 1.10 bits per heavy atom. The van der Waals surface area contributed by atoms with E-state index in [0.717, 1.165) is 5.69 Å². The standard InChI is InChI=1S/C15H15N3O3/c1-17(2)13-9-5-3-7-11(13)15(19)16-12-8-4-6-10-14(12)18(20)21/h3-10H,1-2H3,(H,16,19). The third kappa shape index (κ3) is 3.17. The molecule has 6 nitrogen and oxygen atoms in total. The Morgan fingerprint density at radius 2 is 1.71 bits per heavy atom. The summed E-state index contributed by atoms with van der Waals surface area (Å²) in [6.07, 6.45) is 0. The van der Waals surface area contributed by atoms with Crippen molar-refractivity contribution in [2.24, 2.45) is 0 Å². The molecule has 2 rings (SSSR count). The second-order valence-electron chi connectivity index (χ2n) is 4.64. The molecule has 21 heavy (non-hydrogen) atoms. The average molecular weight is 285 g/mol. The van der Waals surface area contributed by atoms with Crippen molar-refractivity contribution in [1.82, 2.24) is 0 Å². The Bertz CT molecular complexity index is 683. The minimum absolute atomic E-state index is 0.131. The zero-order valence-electron chi connectivity index (χ0n) is 11.7. The van der Waals surface area contributed by atoms with Crippen LogP contribution in [-0.4, -0.2) is 24.9 Å². The van der Waals surface area contributed by atoms with E-state index in [0.29, 0.717) is 5.56 Å². The normalized spacial score (nSPS) is 10.0. The zero-order valence-corrected chi connectivity index (χ0v) is 11.7. The molecule has 108 valence electrons. The number of nitro groups is 1. The molecule has 0 radical (unpaired) electrons. The van der Waals surface area contributed by atoms with Crippen molar-refractivity contribution in [1.29, 1.82) is 0 Å². The topological polar surface area (TPSA) is 75.5 Å². The quantitative estimate of drug-likeness (QED) is 0.692. The zero-order chi connectivity index (χ0) is 15.4. The van der Waals surface area contributed by atoms with Gasteiger partial charge in [0.1, 0.15) is 5.69 Å². The number of nitrogens with one attached hydrogen (secondary N) is 1. The average Bonchev–Trinajstić information content (AvgIpc) is 2.47. The molecule has 0 bridgehead atoms. The predicted molar refractivity (Wildman–Crippen MR) is 81.8 cm³/mol. The molecule has 1 amide bonds. The van der Waals surface area contributed by atoms with E-state index in [1.54, 1.807) is 24.3 Å². The van der Waals surface area contributed by atoms with Crippen LogP contribution in [0.2, 0.25) is 0 Å². The molecule has 0 atom stereocenters. The molecule has 0 spiro atoms. The van der Waals surface area contributed by atoms with Crippen molar-refractivity contribution in [3.8, 4) is 0 Å². The molecule has 0 saturated heterocycles. The maximum Gasteiger partial charge on any atom is 0.292 e. The summed E-state index contributed by atoms with van der Waals surface area (Å²) in [5.74, 6) is -0.381. The molecular weight excluding hydrogens is 270 g/mol. The van der Waals surface area contributed by atoms with Gasteiger partial charge in [0, 0.05) is 25.8 Å². The Hall–Kier alpha value is -2.89. The van der Waals surface area contributed by atoms with Crippen LogP contribution in [0.15, 0.2) is 48.5 Å². The summed E-state index contributed by atoms with van der Waals surface area (Å²) < 4.78 is 0. The molecule has 0 aliphatic heterocycles. The molecular formula is C15H15N3O3. The Kier molecular flexibility index (Phi) is 4.18. The van der Waals surface area contributed by atoms with Crippen LogP contribution in [0.4, 0.5) is 17.1 Å². The number of para-hydroxylation sites is 3. The molecule has 2 aromatic carbocycles. The fraction of sp³-hybridized carbons (Fsp3) is 0.133. The van der Waals surface area contributed by atoms with Crippen molar-refractivity contribution in [2.45, 2.75) is 0 Å². The molecule has 0 unspecified atom stereocenters. The van der Waals surface area contributed by atoms with Gasteiger partial charge in [0.25, 0.3) is 11.6 Å². The smallest absolute Gasteiger partial charge is 0.292 e. The van der Waals surface area contributed by atoms with Crippen LogP contribution in [-0.2, 0) is 0 Å². The maximum atomic E-state index is 12.4. The first-order valence-corrected chi connectivity index (χ1v) is 6.32. The number of amides is 1. The van der Waals surface area contributed by atoms with Crippen LogP contribution in [0, 0.1) is 10.1 Å². The minimum atomic E-state index is -0.520. The van der Waals surface area contributed by atoms with Gasteiger partial charge in [-0.3, -0.25) is 14.9 Å². The van der Waals surface area contributed by atoms with Gasteiger partial charge < -0.3 is 10.2 Å². The van der Waals surface area contributed by atoms with E-state index in [2.05, 4.69) is 5.32 Å². The monoisotopic (exact) mass is 285 g/mol. The Morgan fingerprint density at radius 3 is 2.38 bits per heavy atom. The summed E-state index contributed by atoms with van der Waals surface area (Å²) in [4.78, 5) is 24.6. The number of anilines is 2. The van der Waals surface area contributed by atoms with Gasteiger partial charge in [-0.05, 0) is 18.2 Å². The second-order valence-corrected chi connectivity index (χ2v) is 4.64. The highest BCUT2D eigenvalue weighted by molar-refractivity contribution is 6.09. The lowest BCUT2D eigenvalue weighted by molar-refractivity contribution is -0.383. The molecule has 0 saturated carbocycles. The molecule has 1 N–H and O–H groups in total. The van der Waals surface area contributed by atoms with Gasteiger partial charge in [-0.2, -0.15) is 0 Å². The van der Waals surface area contributed by atoms with E-state index >= 15 is 0 Å². The summed E-state index contributed by atoms with van der Waals surface area (Å²) >= 11 is 0. The number of rotatable bonds is 4. The maximum absolute atomic E-state index is 12.4. The van der Waals surface area contributed by atoms with E-state index < -0.39 is 4.92 Å². The lowest BCUT2D eigenvalue weighted by Gasteiger charge is -2.16. The van der Waals surface area contributed by atoms with Gasteiger partial charge in [0.15, 0.2) is 0 Å². The molecule has 2 aromatic rings. The molecule has 6 heteroatoms. The number of hydrogen-bond donors (Lipinski definition) is 1. The van der Waals surface area contributed by atoms with Crippen LogP contribution in [0.3, 0.4) is 0 Å². The first kappa shape index (κ1) is 14.5. The molecule has 0 aliphatic carbocycles. The number of nitro benzene ring substituents is 1. The summed E-state index contributed by atoms with van der Waals surface area (Å²) in [5.41, 5.74) is 1.25. The van der Waals surface area contributed by atoms with Gasteiger partial charge in [0.05, 0.1) is 10.5 Å². The first-order valence-electron chi connectivity index (χ1n) is 6.32. The van der Waals surface area contributed by atoms with Gasteiger partial charge in [0.2, 0.25) is 0 Å². The van der Waals surface area contributed by atoms with Gasteiger partial charge in [-0.25, -0.2) is 0 Å². The van der Waals surface area contributed by atoms with Crippen molar-refractivity contribution in [3.05, 3.63) is 64.2 Å². The largest absolute Gasteiger partial charge is 0.377 e. The van der Waals surface area contributed by atoms with Crippen molar-refractivity contribution < 1.29 is 9.72 Å². The van der Waals surface area contributed by atoms with Crippen LogP contribution in [0.1, 0.15) is 10.4 Å². The third-order valence-corrected chi connectivity index (χ3v) is 2.98. The predicted octanol–water partition coefficient (Wildman–Crippen LogP) is 2.91. The Balaban J connectivity index is 2.33. The number of nitrogens with zero attached hydrogens (tertiary/aromatic N) is 2. The van der Waals surface area contributed by atoms with Gasteiger partial charge in [-0.15, -0.1) is 0 Å². The summed E-state index contributed by atoms with van der Waals surface area (Å²) in [6.45, 7) is 0. The lowest BCUT2D eigenvalue weighted by atomic mass is 10.1. The summed E-state index contributed by atoms with van der Waals surface area (Å²) in [6, 6.07) is 13.1. The highest BCUT2D eigenvalue weighted by atomic mass is 16.6. The second kappa shape index (κ2) is 6.04. The van der Waals surface area contributed by atoms with E-state index in [9.17, 15) is 14.9 Å². The minimum Gasteiger partial charge on any atom is -0.377 e. The van der Waals surface area contributed by atoms with E-state index in [1.165, 1.54) is 12.1 Å².